The molecule has 5 heteroatoms. The fourth-order valence-corrected chi connectivity index (χ4v) is 2.76. The lowest BCUT2D eigenvalue weighted by molar-refractivity contribution is 0.462. The number of aromatic nitrogens is 2. The number of benzene rings is 1. The lowest BCUT2D eigenvalue weighted by Crippen LogP contribution is -1.74. The average Bonchev–Trinajstić information content (AvgIpc) is 2.56. The largest absolute Gasteiger partial charge is 0.507 e. The predicted molar refractivity (Wildman–Crippen MR) is 56.9 cm³/mol. The van der Waals surface area contributed by atoms with Crippen LogP contribution in [0.25, 0.3) is 0 Å². The Bertz CT molecular complexity index is 442. The molecule has 3 nitrogen and oxygen atoms in total. The molecule has 0 spiro atoms. The van der Waals surface area contributed by atoms with Gasteiger partial charge in [-0.25, -0.2) is 0 Å². The maximum absolute atomic E-state index is 9.51. The zero-order valence-electron chi connectivity index (χ0n) is 7.47. The van der Waals surface area contributed by atoms with Gasteiger partial charge >= 0.3 is 0 Å². The van der Waals surface area contributed by atoms with Crippen molar-refractivity contribution < 1.29 is 5.11 Å². The first-order valence-corrected chi connectivity index (χ1v) is 5.65. The number of hydrogen-bond acceptors (Lipinski definition) is 5. The minimum absolute atomic E-state index is 0.283. The van der Waals surface area contributed by atoms with E-state index < -0.39 is 0 Å². The normalized spacial score (nSPS) is 10.4. The van der Waals surface area contributed by atoms with Crippen molar-refractivity contribution >= 4 is 23.1 Å². The molecule has 0 saturated carbocycles. The molecule has 0 saturated heterocycles. The average molecular weight is 224 g/mol. The lowest BCUT2D eigenvalue weighted by Gasteiger charge is -1.98. The third-order valence-corrected chi connectivity index (χ3v) is 3.52. The van der Waals surface area contributed by atoms with Gasteiger partial charge in [-0.3, -0.25) is 0 Å². The van der Waals surface area contributed by atoms with Gasteiger partial charge in [0.15, 0.2) is 4.34 Å². The first kappa shape index (κ1) is 9.48. The van der Waals surface area contributed by atoms with Crippen LogP contribution >= 0.6 is 23.1 Å². The van der Waals surface area contributed by atoms with E-state index in [4.69, 9.17) is 0 Å². The van der Waals surface area contributed by atoms with E-state index in [1.54, 1.807) is 12.1 Å². The van der Waals surface area contributed by atoms with Gasteiger partial charge in [0.1, 0.15) is 10.8 Å². The quantitative estimate of drug-likeness (QED) is 0.852. The van der Waals surface area contributed by atoms with Crippen molar-refractivity contribution in [2.24, 2.45) is 0 Å². The summed E-state index contributed by atoms with van der Waals surface area (Å²) in [5.41, 5.74) is 0. The van der Waals surface area contributed by atoms with E-state index >= 15 is 0 Å². The van der Waals surface area contributed by atoms with Gasteiger partial charge in [0.2, 0.25) is 0 Å². The molecule has 2 aromatic rings. The van der Waals surface area contributed by atoms with Crippen LogP contribution in [0.3, 0.4) is 0 Å². The summed E-state index contributed by atoms with van der Waals surface area (Å²) in [5, 5.41) is 18.3. The van der Waals surface area contributed by atoms with Crippen molar-refractivity contribution in [2.45, 2.75) is 16.2 Å². The molecule has 0 aliphatic rings. The van der Waals surface area contributed by atoms with Gasteiger partial charge in [-0.15, -0.1) is 10.2 Å². The smallest absolute Gasteiger partial charge is 0.179 e. The molecule has 1 N–H and O–H groups in total. The summed E-state index contributed by atoms with van der Waals surface area (Å²) in [6.07, 6.45) is 0. The monoisotopic (exact) mass is 224 g/mol. The first-order valence-electron chi connectivity index (χ1n) is 4.01. The van der Waals surface area contributed by atoms with Gasteiger partial charge in [-0.2, -0.15) is 0 Å². The molecule has 14 heavy (non-hydrogen) atoms. The van der Waals surface area contributed by atoms with Crippen LogP contribution in [0.15, 0.2) is 33.5 Å². The van der Waals surface area contributed by atoms with Crippen LogP contribution in [0.2, 0.25) is 0 Å². The standard InChI is InChI=1S/C9H8N2OS2/c1-6-10-11-9(13-6)14-8-5-3-2-4-7(8)12/h2-5,12H,1H3. The third-order valence-electron chi connectivity index (χ3n) is 1.57. The summed E-state index contributed by atoms with van der Waals surface area (Å²) in [6.45, 7) is 1.91. The molecule has 0 unspecified atom stereocenters. The number of hydrogen-bond donors (Lipinski definition) is 1. The van der Waals surface area contributed by atoms with Crippen molar-refractivity contribution in [1.29, 1.82) is 0 Å². The summed E-state index contributed by atoms with van der Waals surface area (Å²) in [4.78, 5) is 0.809. The number of aryl methyl sites for hydroxylation is 1. The van der Waals surface area contributed by atoms with Crippen molar-refractivity contribution in [2.75, 3.05) is 0 Å². The van der Waals surface area contributed by atoms with Gasteiger partial charge in [-0.1, -0.05) is 35.2 Å². The van der Waals surface area contributed by atoms with Crippen LogP contribution in [0.5, 0.6) is 5.75 Å². The molecule has 0 aliphatic heterocycles. The van der Waals surface area contributed by atoms with Crippen LogP contribution in [0, 0.1) is 6.92 Å². The van der Waals surface area contributed by atoms with Gasteiger partial charge in [0, 0.05) is 0 Å². The van der Waals surface area contributed by atoms with E-state index in [9.17, 15) is 5.11 Å². The highest BCUT2D eigenvalue weighted by Crippen LogP contribution is 2.35. The zero-order valence-corrected chi connectivity index (χ0v) is 9.10. The predicted octanol–water partition coefficient (Wildman–Crippen LogP) is 2.70. The van der Waals surface area contributed by atoms with Crippen molar-refractivity contribution in [1.82, 2.24) is 10.2 Å². The van der Waals surface area contributed by atoms with Crippen molar-refractivity contribution in [3.8, 4) is 5.75 Å². The highest BCUT2D eigenvalue weighted by molar-refractivity contribution is 8.01. The molecule has 0 radical (unpaired) electrons. The van der Waals surface area contributed by atoms with E-state index in [0.29, 0.717) is 0 Å². The Morgan fingerprint density at radius 2 is 2.07 bits per heavy atom. The Morgan fingerprint density at radius 3 is 2.71 bits per heavy atom. The van der Waals surface area contributed by atoms with Gasteiger partial charge < -0.3 is 5.11 Å². The summed E-state index contributed by atoms with van der Waals surface area (Å²) in [6, 6.07) is 7.20. The molecule has 0 bridgehead atoms. The fraction of sp³-hybridized carbons (Fsp3) is 0.111. The van der Waals surface area contributed by atoms with Crippen molar-refractivity contribution in [3.63, 3.8) is 0 Å². The topological polar surface area (TPSA) is 46.0 Å². The minimum Gasteiger partial charge on any atom is -0.507 e. The van der Waals surface area contributed by atoms with Crippen LogP contribution in [-0.4, -0.2) is 15.3 Å². The molecule has 0 aliphatic carbocycles. The SMILES string of the molecule is Cc1nnc(Sc2ccccc2O)s1. The second-order valence-corrected chi connectivity index (χ2v) is 5.13. The molecule has 1 aromatic carbocycles. The Morgan fingerprint density at radius 1 is 1.29 bits per heavy atom. The molecular weight excluding hydrogens is 216 g/mol. The number of rotatable bonds is 2. The number of para-hydroxylation sites is 1. The first-order chi connectivity index (χ1) is 6.75. The Balaban J connectivity index is 2.23. The second-order valence-electron chi connectivity index (χ2n) is 2.66. The van der Waals surface area contributed by atoms with Crippen LogP contribution in [0.1, 0.15) is 5.01 Å². The molecular formula is C9H8N2OS2. The second kappa shape index (κ2) is 3.98. The summed E-state index contributed by atoms with van der Waals surface area (Å²) >= 11 is 2.95. The molecule has 1 heterocycles. The Hall–Kier alpha value is -1.07. The molecule has 2 rings (SSSR count). The van der Waals surface area contributed by atoms with Crippen molar-refractivity contribution in [3.05, 3.63) is 29.3 Å². The number of phenols is 1. The van der Waals surface area contributed by atoms with Gasteiger partial charge in [-0.05, 0) is 19.1 Å². The molecule has 0 fully saturated rings. The highest BCUT2D eigenvalue weighted by atomic mass is 32.2. The highest BCUT2D eigenvalue weighted by Gasteiger charge is 2.05. The van der Waals surface area contributed by atoms with Gasteiger partial charge in [0.05, 0.1) is 4.90 Å². The number of phenolic OH excluding ortho intramolecular Hbond substituents is 1. The minimum atomic E-state index is 0.283. The lowest BCUT2D eigenvalue weighted by atomic mass is 10.3. The van der Waals surface area contributed by atoms with Gasteiger partial charge in [0.25, 0.3) is 0 Å². The molecule has 0 amide bonds. The zero-order chi connectivity index (χ0) is 9.97. The number of nitrogens with zero attached hydrogens (tertiary/aromatic N) is 2. The fourth-order valence-electron chi connectivity index (χ4n) is 0.957. The molecule has 72 valence electrons. The van der Waals surface area contributed by atoms with E-state index in [0.717, 1.165) is 14.2 Å². The Labute approximate surface area is 89.8 Å². The molecule has 0 atom stereocenters. The molecule has 1 aromatic heterocycles. The van der Waals surface area contributed by atoms with E-state index in [2.05, 4.69) is 10.2 Å². The maximum Gasteiger partial charge on any atom is 0.179 e. The maximum atomic E-state index is 9.51. The van der Waals surface area contributed by atoms with E-state index in [1.165, 1.54) is 23.1 Å². The summed E-state index contributed by atoms with van der Waals surface area (Å²) < 4.78 is 0.851. The van der Waals surface area contributed by atoms with E-state index in [1.807, 2.05) is 19.1 Å². The van der Waals surface area contributed by atoms with E-state index in [-0.39, 0.29) is 5.75 Å². The van der Waals surface area contributed by atoms with Crippen LogP contribution in [-0.2, 0) is 0 Å². The summed E-state index contributed by atoms with van der Waals surface area (Å²) in [7, 11) is 0. The number of aromatic hydroxyl groups is 1. The van der Waals surface area contributed by atoms with Crippen LogP contribution < -0.4 is 0 Å². The third kappa shape index (κ3) is 2.05. The van der Waals surface area contributed by atoms with Crippen LogP contribution in [0.4, 0.5) is 0 Å². The summed E-state index contributed by atoms with van der Waals surface area (Å²) in [5.74, 6) is 0.283. The Kier molecular flexibility index (Phi) is 2.69.